The zero-order valence-corrected chi connectivity index (χ0v) is 8.30. The van der Waals surface area contributed by atoms with Crippen LogP contribution in [0.3, 0.4) is 0 Å². The summed E-state index contributed by atoms with van der Waals surface area (Å²) in [5.74, 6) is -0.574. The number of nitrogens with one attached hydrogen (secondary N) is 1. The molecule has 9 heteroatoms. The van der Waals surface area contributed by atoms with E-state index in [4.69, 9.17) is 10.3 Å². The first-order chi connectivity index (χ1) is 7.70. The Hall–Kier alpha value is -2.45. The number of aromatic amines is 1. The second-order valence-corrected chi connectivity index (χ2v) is 2.69. The van der Waals surface area contributed by atoms with Crippen molar-refractivity contribution in [3.05, 3.63) is 5.82 Å². The number of aromatic nitrogens is 5. The molecular formula is C7H8N6O3. The Morgan fingerprint density at radius 1 is 1.56 bits per heavy atom. The number of nitrogens with zero attached hydrogens (tertiary/aromatic N) is 4. The molecule has 2 aromatic heterocycles. The summed E-state index contributed by atoms with van der Waals surface area (Å²) in [6.07, 6.45) is 0. The Kier molecular flexibility index (Phi) is 2.50. The molecule has 84 valence electrons. The highest BCUT2D eigenvalue weighted by Crippen LogP contribution is 2.12. The number of anilines is 1. The molecule has 0 aliphatic carbocycles. The van der Waals surface area contributed by atoms with E-state index in [-0.39, 0.29) is 30.1 Å². The summed E-state index contributed by atoms with van der Waals surface area (Å²) in [5, 5.41) is 9.48. The summed E-state index contributed by atoms with van der Waals surface area (Å²) in [6, 6.07) is 0. The standard InChI is InChI=1S/C7H8N6O3/c1-2-15-6(14)4-9-5(16-13-4)3-10-7(8)12-11-3/h2H2,1H3,(H3,8,10,11,12). The Morgan fingerprint density at radius 3 is 3.00 bits per heavy atom. The largest absolute Gasteiger partial charge is 0.460 e. The molecule has 9 nitrogen and oxygen atoms in total. The van der Waals surface area contributed by atoms with Crippen molar-refractivity contribution in [3.8, 4) is 11.7 Å². The predicted octanol–water partition coefficient (Wildman–Crippen LogP) is -0.386. The van der Waals surface area contributed by atoms with Crippen LogP contribution >= 0.6 is 0 Å². The first-order valence-electron chi connectivity index (χ1n) is 4.39. The third-order valence-corrected chi connectivity index (χ3v) is 1.59. The zero-order valence-electron chi connectivity index (χ0n) is 8.30. The van der Waals surface area contributed by atoms with E-state index in [0.717, 1.165) is 0 Å². The number of ether oxygens (including phenoxy) is 1. The minimum atomic E-state index is -0.662. The Balaban J connectivity index is 2.22. The number of carbonyl (C=O) groups excluding carboxylic acids is 1. The fourth-order valence-electron chi connectivity index (χ4n) is 0.969. The highest BCUT2D eigenvalue weighted by Gasteiger charge is 2.18. The van der Waals surface area contributed by atoms with Crippen molar-refractivity contribution in [1.82, 2.24) is 25.3 Å². The summed E-state index contributed by atoms with van der Waals surface area (Å²) in [5.41, 5.74) is 5.30. The van der Waals surface area contributed by atoms with Gasteiger partial charge in [0.05, 0.1) is 6.61 Å². The maximum Gasteiger partial charge on any atom is 0.379 e. The maximum atomic E-state index is 11.2. The molecule has 0 saturated heterocycles. The van der Waals surface area contributed by atoms with Crippen LogP contribution in [-0.2, 0) is 4.74 Å². The molecule has 2 rings (SSSR count). The second-order valence-electron chi connectivity index (χ2n) is 2.69. The van der Waals surface area contributed by atoms with Crippen molar-refractivity contribution in [2.45, 2.75) is 6.92 Å². The van der Waals surface area contributed by atoms with Gasteiger partial charge in [-0.25, -0.2) is 4.79 Å². The van der Waals surface area contributed by atoms with E-state index in [1.165, 1.54) is 0 Å². The lowest BCUT2D eigenvalue weighted by atomic mass is 10.6. The predicted molar refractivity (Wildman–Crippen MR) is 50.0 cm³/mol. The van der Waals surface area contributed by atoms with Gasteiger partial charge in [-0.15, -0.1) is 5.10 Å². The molecule has 0 atom stereocenters. The van der Waals surface area contributed by atoms with Gasteiger partial charge < -0.3 is 15.0 Å². The highest BCUT2D eigenvalue weighted by atomic mass is 16.5. The van der Waals surface area contributed by atoms with Crippen LogP contribution in [-0.4, -0.2) is 37.9 Å². The number of rotatable bonds is 3. The van der Waals surface area contributed by atoms with E-state index in [0.29, 0.717) is 0 Å². The van der Waals surface area contributed by atoms with Gasteiger partial charge in [0.15, 0.2) is 0 Å². The molecule has 2 heterocycles. The van der Waals surface area contributed by atoms with Crippen molar-refractivity contribution >= 4 is 11.9 Å². The quantitative estimate of drug-likeness (QED) is 0.673. The Bertz CT molecular complexity index is 504. The van der Waals surface area contributed by atoms with Crippen LogP contribution in [0.2, 0.25) is 0 Å². The molecule has 0 aromatic carbocycles. The van der Waals surface area contributed by atoms with Crippen LogP contribution < -0.4 is 5.73 Å². The Labute approximate surface area is 89.0 Å². The van der Waals surface area contributed by atoms with Gasteiger partial charge in [0.1, 0.15) is 0 Å². The summed E-state index contributed by atoms with van der Waals surface area (Å²) < 4.78 is 9.47. The van der Waals surface area contributed by atoms with Crippen LogP contribution in [0.4, 0.5) is 5.95 Å². The van der Waals surface area contributed by atoms with Crippen LogP contribution in [0.1, 0.15) is 17.5 Å². The Morgan fingerprint density at radius 2 is 2.38 bits per heavy atom. The summed E-state index contributed by atoms with van der Waals surface area (Å²) >= 11 is 0. The summed E-state index contributed by atoms with van der Waals surface area (Å²) in [6.45, 7) is 1.91. The lowest BCUT2D eigenvalue weighted by Crippen LogP contribution is -2.06. The minimum Gasteiger partial charge on any atom is -0.460 e. The second kappa shape index (κ2) is 3.96. The molecule has 0 amide bonds. The fourth-order valence-corrected chi connectivity index (χ4v) is 0.969. The topological polar surface area (TPSA) is 133 Å². The number of carbonyl (C=O) groups is 1. The molecule has 2 aromatic rings. The number of hydrogen-bond acceptors (Lipinski definition) is 8. The molecule has 0 fully saturated rings. The summed E-state index contributed by atoms with van der Waals surface area (Å²) in [4.78, 5) is 18.7. The molecule has 0 unspecified atom stereocenters. The lowest BCUT2D eigenvalue weighted by molar-refractivity contribution is 0.0508. The van der Waals surface area contributed by atoms with E-state index in [2.05, 4.69) is 30.1 Å². The third-order valence-electron chi connectivity index (χ3n) is 1.59. The van der Waals surface area contributed by atoms with Crippen LogP contribution in [0.5, 0.6) is 0 Å². The van der Waals surface area contributed by atoms with Gasteiger partial charge in [-0.05, 0) is 12.1 Å². The first kappa shape index (κ1) is 10.1. The molecular weight excluding hydrogens is 216 g/mol. The van der Waals surface area contributed by atoms with Gasteiger partial charge >= 0.3 is 5.97 Å². The zero-order chi connectivity index (χ0) is 11.5. The molecule has 0 spiro atoms. The minimum absolute atomic E-state index is 0.0206. The number of nitrogens with two attached hydrogens (primary N) is 1. The van der Waals surface area contributed by atoms with Crippen molar-refractivity contribution < 1.29 is 14.1 Å². The smallest absolute Gasteiger partial charge is 0.379 e. The molecule has 0 aliphatic rings. The van der Waals surface area contributed by atoms with Crippen molar-refractivity contribution in [2.75, 3.05) is 12.3 Å². The molecule has 0 saturated carbocycles. The molecule has 0 bridgehead atoms. The van der Waals surface area contributed by atoms with Gasteiger partial charge in [-0.2, -0.15) is 9.97 Å². The number of nitrogen functional groups attached to an aromatic ring is 1. The van der Waals surface area contributed by atoms with Gasteiger partial charge in [-0.3, -0.25) is 5.10 Å². The van der Waals surface area contributed by atoms with E-state index in [9.17, 15) is 4.79 Å². The van der Waals surface area contributed by atoms with E-state index in [1.807, 2.05) is 0 Å². The molecule has 16 heavy (non-hydrogen) atoms. The SMILES string of the molecule is CCOC(=O)c1noc(-c2nc(N)n[nH]2)n1. The lowest BCUT2D eigenvalue weighted by Gasteiger charge is -1.93. The number of esters is 1. The molecule has 0 radical (unpaired) electrons. The van der Waals surface area contributed by atoms with Crippen LogP contribution in [0.25, 0.3) is 11.7 Å². The summed E-state index contributed by atoms with van der Waals surface area (Å²) in [7, 11) is 0. The normalized spacial score (nSPS) is 10.3. The average Bonchev–Trinajstić information content (AvgIpc) is 2.85. The van der Waals surface area contributed by atoms with E-state index < -0.39 is 5.97 Å². The monoisotopic (exact) mass is 224 g/mol. The van der Waals surface area contributed by atoms with Crippen LogP contribution in [0.15, 0.2) is 4.52 Å². The van der Waals surface area contributed by atoms with Crippen molar-refractivity contribution in [2.24, 2.45) is 0 Å². The number of hydrogen-bond donors (Lipinski definition) is 2. The van der Waals surface area contributed by atoms with Crippen LogP contribution in [0, 0.1) is 0 Å². The average molecular weight is 224 g/mol. The highest BCUT2D eigenvalue weighted by molar-refractivity contribution is 5.85. The van der Waals surface area contributed by atoms with E-state index >= 15 is 0 Å². The molecule has 3 N–H and O–H groups in total. The third kappa shape index (κ3) is 1.82. The van der Waals surface area contributed by atoms with E-state index in [1.54, 1.807) is 6.92 Å². The fraction of sp³-hybridized carbons (Fsp3) is 0.286. The van der Waals surface area contributed by atoms with Gasteiger partial charge in [-0.1, -0.05) is 0 Å². The van der Waals surface area contributed by atoms with Crippen molar-refractivity contribution in [1.29, 1.82) is 0 Å². The first-order valence-corrected chi connectivity index (χ1v) is 4.39. The maximum absolute atomic E-state index is 11.2. The van der Waals surface area contributed by atoms with Gasteiger partial charge in [0.25, 0.3) is 11.7 Å². The van der Waals surface area contributed by atoms with Crippen molar-refractivity contribution in [3.63, 3.8) is 0 Å². The van der Waals surface area contributed by atoms with Gasteiger partial charge in [0.2, 0.25) is 11.8 Å². The van der Waals surface area contributed by atoms with Gasteiger partial charge in [0, 0.05) is 0 Å². The molecule has 0 aliphatic heterocycles. The number of H-pyrrole nitrogens is 1.